The zero-order valence-electron chi connectivity index (χ0n) is 9.08. The van der Waals surface area contributed by atoms with Gasteiger partial charge in [-0.1, -0.05) is 6.92 Å². The van der Waals surface area contributed by atoms with Gasteiger partial charge >= 0.3 is 7.82 Å². The largest absolute Gasteiger partial charge is 0.472 e. The Hall–Kier alpha value is 0.0300. The predicted molar refractivity (Wildman–Crippen MR) is 52.5 cm³/mol. The van der Waals surface area contributed by atoms with Crippen LogP contribution in [0.25, 0.3) is 0 Å². The summed E-state index contributed by atoms with van der Waals surface area (Å²) < 4.78 is 30.9. The second kappa shape index (κ2) is 5.39. The van der Waals surface area contributed by atoms with Gasteiger partial charge in [-0.25, -0.2) is 4.57 Å². The lowest BCUT2D eigenvalue weighted by Gasteiger charge is -2.22. The van der Waals surface area contributed by atoms with E-state index in [2.05, 4.69) is 4.52 Å². The summed E-state index contributed by atoms with van der Waals surface area (Å²) in [4.78, 5) is 9.20. The summed E-state index contributed by atoms with van der Waals surface area (Å²) in [6.07, 6.45) is -0.790. The minimum Gasteiger partial charge on any atom is -0.382 e. The van der Waals surface area contributed by atoms with Gasteiger partial charge in [0.05, 0.1) is 13.2 Å². The molecule has 0 saturated carbocycles. The van der Waals surface area contributed by atoms with Gasteiger partial charge in [-0.3, -0.25) is 9.05 Å². The molecule has 1 fully saturated rings. The van der Waals surface area contributed by atoms with Gasteiger partial charge in [0, 0.05) is 20.1 Å². The molecule has 1 saturated heterocycles. The van der Waals surface area contributed by atoms with Gasteiger partial charge in [0.15, 0.2) is 0 Å². The van der Waals surface area contributed by atoms with E-state index in [0.29, 0.717) is 13.2 Å². The summed E-state index contributed by atoms with van der Waals surface area (Å²) in [6.45, 7) is 2.71. The fourth-order valence-corrected chi connectivity index (χ4v) is 2.24. The van der Waals surface area contributed by atoms with Gasteiger partial charge in [-0.15, -0.1) is 0 Å². The number of ether oxygens (including phenoxy) is 2. The van der Waals surface area contributed by atoms with Crippen molar-refractivity contribution in [1.82, 2.24) is 0 Å². The lowest BCUT2D eigenvalue weighted by molar-refractivity contribution is -0.0132. The molecule has 0 bridgehead atoms. The smallest absolute Gasteiger partial charge is 0.382 e. The number of phosphoric acid groups is 1. The van der Waals surface area contributed by atoms with Crippen molar-refractivity contribution in [2.45, 2.75) is 19.1 Å². The van der Waals surface area contributed by atoms with Crippen LogP contribution in [0.3, 0.4) is 0 Å². The van der Waals surface area contributed by atoms with E-state index in [1.807, 2.05) is 6.92 Å². The molecule has 1 aliphatic heterocycles. The first-order chi connectivity index (χ1) is 7.00. The molecule has 1 N–H and O–H groups in total. The third kappa shape index (κ3) is 3.52. The second-order valence-electron chi connectivity index (χ2n) is 3.53. The Kier molecular flexibility index (Phi) is 4.70. The molecular formula is C8H17O6P. The molecule has 1 aliphatic rings. The van der Waals surface area contributed by atoms with Gasteiger partial charge in [0.2, 0.25) is 0 Å². The van der Waals surface area contributed by atoms with Crippen molar-refractivity contribution in [2.24, 2.45) is 5.92 Å². The van der Waals surface area contributed by atoms with Crippen molar-refractivity contribution in [3.63, 3.8) is 0 Å². The molecule has 7 heteroatoms. The first kappa shape index (κ1) is 13.1. The Bertz CT molecular complexity index is 243. The Morgan fingerprint density at radius 2 is 2.20 bits per heavy atom. The SMILES string of the molecule is COC[C@H]1OCC(C)[C@H]1OP(=O)(O)OC. The normalized spacial score (nSPS) is 35.3. The molecule has 4 atom stereocenters. The number of rotatable bonds is 5. The average molecular weight is 240 g/mol. The molecule has 0 radical (unpaired) electrons. The number of hydrogen-bond donors (Lipinski definition) is 1. The van der Waals surface area contributed by atoms with E-state index in [1.165, 1.54) is 7.11 Å². The highest BCUT2D eigenvalue weighted by Crippen LogP contribution is 2.46. The number of hydrogen-bond acceptors (Lipinski definition) is 5. The molecule has 1 heterocycles. The molecule has 6 nitrogen and oxygen atoms in total. The molecule has 0 amide bonds. The van der Waals surface area contributed by atoms with Crippen LogP contribution in [0.1, 0.15) is 6.92 Å². The van der Waals surface area contributed by atoms with E-state index in [0.717, 1.165) is 7.11 Å². The third-order valence-electron chi connectivity index (χ3n) is 2.32. The van der Waals surface area contributed by atoms with Gasteiger partial charge in [-0.2, -0.15) is 0 Å². The first-order valence-corrected chi connectivity index (χ1v) is 6.17. The maximum absolute atomic E-state index is 11.2. The van der Waals surface area contributed by atoms with Crippen LogP contribution in [0.4, 0.5) is 0 Å². The predicted octanol–water partition coefficient (Wildman–Crippen LogP) is 0.800. The van der Waals surface area contributed by atoms with E-state index >= 15 is 0 Å². The van der Waals surface area contributed by atoms with Crippen molar-refractivity contribution in [3.8, 4) is 0 Å². The van der Waals surface area contributed by atoms with Gasteiger partial charge in [0.1, 0.15) is 12.2 Å². The zero-order chi connectivity index (χ0) is 11.5. The van der Waals surface area contributed by atoms with Crippen molar-refractivity contribution in [2.75, 3.05) is 27.4 Å². The monoisotopic (exact) mass is 240 g/mol. The summed E-state index contributed by atoms with van der Waals surface area (Å²) >= 11 is 0. The second-order valence-corrected chi connectivity index (χ2v) is 5.04. The van der Waals surface area contributed by atoms with E-state index in [9.17, 15) is 9.46 Å². The van der Waals surface area contributed by atoms with Gasteiger partial charge in [-0.05, 0) is 0 Å². The molecule has 0 aromatic rings. The molecule has 90 valence electrons. The van der Waals surface area contributed by atoms with Crippen molar-refractivity contribution in [1.29, 1.82) is 0 Å². The minimum atomic E-state index is -3.96. The Morgan fingerprint density at radius 1 is 1.53 bits per heavy atom. The molecule has 0 aliphatic carbocycles. The van der Waals surface area contributed by atoms with Crippen LogP contribution in [-0.4, -0.2) is 44.5 Å². The average Bonchev–Trinajstić information content (AvgIpc) is 2.50. The summed E-state index contributed by atoms with van der Waals surface area (Å²) in [5.41, 5.74) is 0. The first-order valence-electron chi connectivity index (χ1n) is 4.67. The molecular weight excluding hydrogens is 223 g/mol. The van der Waals surface area contributed by atoms with Crippen molar-refractivity contribution >= 4 is 7.82 Å². The van der Waals surface area contributed by atoms with Crippen LogP contribution in [0, 0.1) is 5.92 Å². The quantitative estimate of drug-likeness (QED) is 0.716. The maximum Gasteiger partial charge on any atom is 0.472 e. The van der Waals surface area contributed by atoms with Gasteiger partial charge in [0.25, 0.3) is 0 Å². The number of methoxy groups -OCH3 is 1. The highest BCUT2D eigenvalue weighted by molar-refractivity contribution is 7.47. The van der Waals surface area contributed by atoms with Crippen LogP contribution in [0.2, 0.25) is 0 Å². The van der Waals surface area contributed by atoms with E-state index in [1.54, 1.807) is 0 Å². The Labute approximate surface area is 89.1 Å². The zero-order valence-corrected chi connectivity index (χ0v) is 9.98. The molecule has 0 aromatic carbocycles. The highest BCUT2D eigenvalue weighted by atomic mass is 31.2. The molecule has 15 heavy (non-hydrogen) atoms. The highest BCUT2D eigenvalue weighted by Gasteiger charge is 2.40. The summed E-state index contributed by atoms with van der Waals surface area (Å²) in [5, 5.41) is 0. The maximum atomic E-state index is 11.2. The fraction of sp³-hybridized carbons (Fsp3) is 1.00. The lowest BCUT2D eigenvalue weighted by atomic mass is 10.1. The van der Waals surface area contributed by atoms with Crippen molar-refractivity contribution < 1.29 is 28.0 Å². The minimum absolute atomic E-state index is 0.0424. The van der Waals surface area contributed by atoms with E-state index in [-0.39, 0.29) is 12.0 Å². The molecule has 2 unspecified atom stereocenters. The lowest BCUT2D eigenvalue weighted by Crippen LogP contribution is -2.31. The van der Waals surface area contributed by atoms with Crippen LogP contribution >= 0.6 is 7.82 Å². The third-order valence-corrected chi connectivity index (χ3v) is 3.29. The van der Waals surface area contributed by atoms with Crippen LogP contribution in [0.5, 0.6) is 0 Å². The summed E-state index contributed by atoms with van der Waals surface area (Å²) in [5.74, 6) is 0.0424. The Morgan fingerprint density at radius 3 is 2.73 bits per heavy atom. The van der Waals surface area contributed by atoms with E-state index < -0.39 is 13.9 Å². The molecule has 0 spiro atoms. The topological polar surface area (TPSA) is 74.2 Å². The van der Waals surface area contributed by atoms with Gasteiger partial charge < -0.3 is 14.4 Å². The van der Waals surface area contributed by atoms with Crippen molar-refractivity contribution in [3.05, 3.63) is 0 Å². The molecule has 1 rings (SSSR count). The van der Waals surface area contributed by atoms with Crippen LogP contribution in [-0.2, 0) is 23.1 Å². The molecule has 0 aromatic heterocycles. The van der Waals surface area contributed by atoms with Crippen LogP contribution in [0.15, 0.2) is 0 Å². The summed E-state index contributed by atoms with van der Waals surface area (Å²) in [7, 11) is -1.29. The fourth-order valence-electron chi connectivity index (χ4n) is 1.51. The summed E-state index contributed by atoms with van der Waals surface area (Å²) in [6, 6.07) is 0. The standard InChI is InChI=1S/C8H17O6P/c1-6-4-13-7(5-11-2)8(6)14-15(9,10)12-3/h6-8H,4-5H2,1-3H3,(H,9,10)/t6?,7-,8-/m1/s1. The van der Waals surface area contributed by atoms with E-state index in [4.69, 9.17) is 14.0 Å². The Balaban J connectivity index is 2.60. The number of phosphoric ester groups is 1. The van der Waals surface area contributed by atoms with Crippen LogP contribution < -0.4 is 0 Å².